The topological polar surface area (TPSA) is 51.9 Å². The summed E-state index contributed by atoms with van der Waals surface area (Å²) in [6.07, 6.45) is 9.60. The van der Waals surface area contributed by atoms with Gasteiger partial charge in [-0.2, -0.15) is 5.10 Å². The number of aryl methyl sites for hydroxylation is 1. The molecule has 164 valence electrons. The summed E-state index contributed by atoms with van der Waals surface area (Å²) in [5.74, 6) is 0.574. The lowest BCUT2D eigenvalue weighted by Gasteiger charge is -2.30. The van der Waals surface area contributed by atoms with Gasteiger partial charge in [-0.15, -0.1) is 0 Å². The standard InChI is InChI=1S/C25H31FN4O/c1-25(2,26)17-30-16-20(21-14-27-29(3)15-21)13-23(24(30)31)28-22-11-9-19(10-12-22)18-7-5-4-6-8-18/h4-8,13-16,19,22,28H,9-12,17H2,1-3H3. The van der Waals surface area contributed by atoms with Crippen LogP contribution < -0.4 is 10.9 Å². The Morgan fingerprint density at radius 3 is 2.42 bits per heavy atom. The van der Waals surface area contributed by atoms with Crippen LogP contribution in [0, 0.1) is 0 Å². The third-order valence-electron chi connectivity index (χ3n) is 6.03. The first kappa shape index (κ1) is 21.3. The molecule has 0 spiro atoms. The monoisotopic (exact) mass is 422 g/mol. The maximum atomic E-state index is 14.4. The van der Waals surface area contributed by atoms with Crippen molar-refractivity contribution >= 4 is 5.69 Å². The van der Waals surface area contributed by atoms with Crippen molar-refractivity contribution in [1.29, 1.82) is 0 Å². The quantitative estimate of drug-likeness (QED) is 0.599. The second-order valence-electron chi connectivity index (χ2n) is 9.30. The smallest absolute Gasteiger partial charge is 0.274 e. The van der Waals surface area contributed by atoms with Crippen molar-refractivity contribution in [1.82, 2.24) is 14.3 Å². The first-order valence-corrected chi connectivity index (χ1v) is 11.0. The van der Waals surface area contributed by atoms with Gasteiger partial charge in [-0.1, -0.05) is 30.3 Å². The van der Waals surface area contributed by atoms with E-state index in [1.54, 1.807) is 17.1 Å². The summed E-state index contributed by atoms with van der Waals surface area (Å²) in [6, 6.07) is 12.8. The van der Waals surface area contributed by atoms with E-state index in [4.69, 9.17) is 0 Å². The Kier molecular flexibility index (Phi) is 5.99. The summed E-state index contributed by atoms with van der Waals surface area (Å²) in [6.45, 7) is 3.00. The van der Waals surface area contributed by atoms with Crippen LogP contribution in [0.2, 0.25) is 0 Å². The second kappa shape index (κ2) is 8.69. The second-order valence-corrected chi connectivity index (χ2v) is 9.30. The van der Waals surface area contributed by atoms with Gasteiger partial charge in [0.2, 0.25) is 0 Å². The molecule has 2 heterocycles. The van der Waals surface area contributed by atoms with Crippen LogP contribution in [0.3, 0.4) is 0 Å². The van der Waals surface area contributed by atoms with Crippen LogP contribution in [0.5, 0.6) is 0 Å². The minimum atomic E-state index is -1.48. The van der Waals surface area contributed by atoms with Crippen molar-refractivity contribution in [2.75, 3.05) is 5.32 Å². The van der Waals surface area contributed by atoms with Gasteiger partial charge in [0, 0.05) is 36.6 Å². The van der Waals surface area contributed by atoms with Crippen LogP contribution in [0.4, 0.5) is 10.1 Å². The molecule has 0 atom stereocenters. The zero-order valence-corrected chi connectivity index (χ0v) is 18.5. The molecule has 31 heavy (non-hydrogen) atoms. The van der Waals surface area contributed by atoms with Crippen LogP contribution in [0.25, 0.3) is 11.1 Å². The van der Waals surface area contributed by atoms with Gasteiger partial charge in [-0.3, -0.25) is 9.48 Å². The largest absolute Gasteiger partial charge is 0.378 e. The molecule has 0 aliphatic heterocycles. The molecule has 0 amide bonds. The number of pyridine rings is 1. The third-order valence-corrected chi connectivity index (χ3v) is 6.03. The molecule has 1 fully saturated rings. The highest BCUT2D eigenvalue weighted by molar-refractivity contribution is 5.65. The van der Waals surface area contributed by atoms with Gasteiger partial charge < -0.3 is 9.88 Å². The Hall–Kier alpha value is -2.89. The number of halogens is 1. The van der Waals surface area contributed by atoms with E-state index in [1.165, 1.54) is 24.0 Å². The molecule has 0 bridgehead atoms. The molecule has 3 aromatic rings. The predicted molar refractivity (Wildman–Crippen MR) is 123 cm³/mol. The summed E-state index contributed by atoms with van der Waals surface area (Å²) in [5, 5.41) is 7.72. The fraction of sp³-hybridized carbons (Fsp3) is 0.440. The summed E-state index contributed by atoms with van der Waals surface area (Å²) < 4.78 is 17.6. The molecule has 0 saturated heterocycles. The number of benzene rings is 1. The molecule has 1 N–H and O–H groups in total. The van der Waals surface area contributed by atoms with E-state index in [-0.39, 0.29) is 18.1 Å². The Morgan fingerprint density at radius 2 is 1.81 bits per heavy atom. The van der Waals surface area contributed by atoms with E-state index in [1.807, 2.05) is 19.3 Å². The number of aromatic nitrogens is 3. The average Bonchev–Trinajstić information content (AvgIpc) is 3.17. The van der Waals surface area contributed by atoms with Gasteiger partial charge >= 0.3 is 0 Å². The molecule has 5 nitrogen and oxygen atoms in total. The van der Waals surface area contributed by atoms with E-state index in [9.17, 15) is 9.18 Å². The van der Waals surface area contributed by atoms with Crippen LogP contribution in [-0.2, 0) is 13.6 Å². The molecule has 1 aliphatic carbocycles. The minimum Gasteiger partial charge on any atom is -0.378 e. The van der Waals surface area contributed by atoms with E-state index in [2.05, 4.69) is 40.7 Å². The van der Waals surface area contributed by atoms with Gasteiger partial charge in [0.15, 0.2) is 0 Å². The van der Waals surface area contributed by atoms with Crippen molar-refractivity contribution in [2.24, 2.45) is 7.05 Å². The van der Waals surface area contributed by atoms with Crippen molar-refractivity contribution in [3.8, 4) is 11.1 Å². The predicted octanol–water partition coefficient (Wildman–Crippen LogP) is 5.14. The highest BCUT2D eigenvalue weighted by Crippen LogP contribution is 2.34. The molecule has 1 saturated carbocycles. The molecular formula is C25H31FN4O. The SMILES string of the molecule is Cn1cc(-c2cc(NC3CCC(c4ccccc4)CC3)c(=O)n(CC(C)(C)F)c2)cn1. The fourth-order valence-corrected chi connectivity index (χ4v) is 4.51. The summed E-state index contributed by atoms with van der Waals surface area (Å²) >= 11 is 0. The van der Waals surface area contributed by atoms with Gasteiger partial charge in [0.1, 0.15) is 11.4 Å². The highest BCUT2D eigenvalue weighted by Gasteiger charge is 2.24. The third kappa shape index (κ3) is 5.24. The van der Waals surface area contributed by atoms with Crippen molar-refractivity contribution in [3.63, 3.8) is 0 Å². The number of nitrogens with zero attached hydrogens (tertiary/aromatic N) is 3. The van der Waals surface area contributed by atoms with Gasteiger partial charge in [-0.25, -0.2) is 4.39 Å². The molecule has 6 heteroatoms. The number of hydrogen-bond acceptors (Lipinski definition) is 3. The van der Waals surface area contributed by atoms with Gasteiger partial charge in [0.25, 0.3) is 5.56 Å². The lowest BCUT2D eigenvalue weighted by Crippen LogP contribution is -2.34. The zero-order valence-electron chi connectivity index (χ0n) is 18.5. The fourth-order valence-electron chi connectivity index (χ4n) is 4.51. The zero-order chi connectivity index (χ0) is 22.0. The Labute approximate surface area is 182 Å². The van der Waals surface area contributed by atoms with Crippen molar-refractivity contribution in [3.05, 3.63) is 70.9 Å². The van der Waals surface area contributed by atoms with Gasteiger partial charge in [0.05, 0.1) is 12.7 Å². The molecule has 2 aromatic heterocycles. The first-order chi connectivity index (χ1) is 14.8. The van der Waals surface area contributed by atoms with Crippen LogP contribution in [0.15, 0.2) is 59.8 Å². The number of alkyl halides is 1. The van der Waals surface area contributed by atoms with E-state index < -0.39 is 5.67 Å². The number of nitrogens with one attached hydrogen (secondary N) is 1. The van der Waals surface area contributed by atoms with E-state index >= 15 is 0 Å². The molecule has 0 unspecified atom stereocenters. The first-order valence-electron chi connectivity index (χ1n) is 11.0. The molecule has 4 rings (SSSR count). The Morgan fingerprint density at radius 1 is 1.10 bits per heavy atom. The lowest BCUT2D eigenvalue weighted by molar-refractivity contribution is 0.184. The molecule has 1 aromatic carbocycles. The Bertz CT molecular complexity index is 1070. The average molecular weight is 423 g/mol. The van der Waals surface area contributed by atoms with E-state index in [0.717, 1.165) is 36.8 Å². The van der Waals surface area contributed by atoms with Crippen molar-refractivity contribution < 1.29 is 4.39 Å². The van der Waals surface area contributed by atoms with Crippen molar-refractivity contribution in [2.45, 2.75) is 63.7 Å². The maximum Gasteiger partial charge on any atom is 0.274 e. The number of rotatable bonds is 6. The summed E-state index contributed by atoms with van der Waals surface area (Å²) in [4.78, 5) is 13.1. The highest BCUT2D eigenvalue weighted by atomic mass is 19.1. The van der Waals surface area contributed by atoms with Crippen LogP contribution in [-0.4, -0.2) is 26.1 Å². The molecule has 1 aliphatic rings. The molecule has 0 radical (unpaired) electrons. The number of hydrogen-bond donors (Lipinski definition) is 1. The van der Waals surface area contributed by atoms with E-state index in [0.29, 0.717) is 11.6 Å². The minimum absolute atomic E-state index is 0.00929. The lowest BCUT2D eigenvalue weighted by atomic mass is 9.82. The molecular weight excluding hydrogens is 391 g/mol. The van der Waals surface area contributed by atoms with Gasteiger partial charge in [-0.05, 0) is 57.1 Å². The van der Waals surface area contributed by atoms with Crippen LogP contribution >= 0.6 is 0 Å². The summed E-state index contributed by atoms with van der Waals surface area (Å²) in [7, 11) is 1.86. The maximum absolute atomic E-state index is 14.4. The number of anilines is 1. The Balaban J connectivity index is 1.56. The van der Waals surface area contributed by atoms with Crippen LogP contribution in [0.1, 0.15) is 51.0 Å². The normalized spacial score (nSPS) is 19.4. The summed E-state index contributed by atoms with van der Waals surface area (Å²) in [5.41, 5.74) is 2.04.